The van der Waals surface area contributed by atoms with Gasteiger partial charge in [-0.15, -0.1) is 11.3 Å². The van der Waals surface area contributed by atoms with Gasteiger partial charge in [0.25, 0.3) is 0 Å². The van der Waals surface area contributed by atoms with Crippen LogP contribution in [0.1, 0.15) is 30.4 Å². The van der Waals surface area contributed by atoms with Crippen molar-refractivity contribution in [1.29, 1.82) is 0 Å². The molecule has 2 heterocycles. The van der Waals surface area contributed by atoms with Crippen LogP contribution in [0.5, 0.6) is 0 Å². The van der Waals surface area contributed by atoms with Crippen LogP contribution < -0.4 is 10.0 Å². The third-order valence-corrected chi connectivity index (χ3v) is 5.43. The van der Waals surface area contributed by atoms with Crippen LogP contribution in [0.3, 0.4) is 0 Å². The molecule has 0 aliphatic heterocycles. The van der Waals surface area contributed by atoms with Gasteiger partial charge in [0.2, 0.25) is 15.9 Å². The van der Waals surface area contributed by atoms with Gasteiger partial charge in [-0.2, -0.15) is 0 Å². The molecule has 0 bridgehead atoms. The van der Waals surface area contributed by atoms with Crippen molar-refractivity contribution in [2.45, 2.75) is 38.3 Å². The van der Waals surface area contributed by atoms with E-state index in [9.17, 15) is 8.42 Å². The number of hydrogen-bond donors (Lipinski definition) is 2. The lowest BCUT2D eigenvalue weighted by Crippen LogP contribution is -2.24. The standard InChI is InChI=1S/C13H19N3O3S2/c1-3-10-7-15-13(19-10)9-16-21(17,18)12-5-6-20-11(12)8-14-4-2/h5-7,14,16H,3-4,8-9H2,1-2H3. The highest BCUT2D eigenvalue weighted by molar-refractivity contribution is 7.89. The second kappa shape index (κ2) is 7.17. The molecule has 21 heavy (non-hydrogen) atoms. The van der Waals surface area contributed by atoms with Gasteiger partial charge in [-0.1, -0.05) is 13.8 Å². The summed E-state index contributed by atoms with van der Waals surface area (Å²) in [6.07, 6.45) is 2.35. The van der Waals surface area contributed by atoms with Crippen LogP contribution in [0, 0.1) is 0 Å². The van der Waals surface area contributed by atoms with Crippen LogP contribution in [-0.4, -0.2) is 19.9 Å². The van der Waals surface area contributed by atoms with E-state index in [1.807, 2.05) is 13.8 Å². The number of sulfonamides is 1. The van der Waals surface area contributed by atoms with E-state index in [0.29, 0.717) is 17.3 Å². The molecule has 8 heteroatoms. The van der Waals surface area contributed by atoms with E-state index in [2.05, 4.69) is 15.0 Å². The maximum atomic E-state index is 12.3. The van der Waals surface area contributed by atoms with E-state index >= 15 is 0 Å². The van der Waals surface area contributed by atoms with E-state index in [-0.39, 0.29) is 6.54 Å². The molecule has 0 saturated carbocycles. The third kappa shape index (κ3) is 4.13. The van der Waals surface area contributed by atoms with Gasteiger partial charge in [0, 0.05) is 17.8 Å². The Morgan fingerprint density at radius 2 is 2.14 bits per heavy atom. The highest BCUT2D eigenvalue weighted by Gasteiger charge is 2.20. The zero-order chi connectivity index (χ0) is 15.3. The number of hydrogen-bond acceptors (Lipinski definition) is 6. The van der Waals surface area contributed by atoms with Crippen LogP contribution in [0.4, 0.5) is 0 Å². The second-order valence-corrected chi connectivity index (χ2v) is 7.12. The predicted molar refractivity (Wildman–Crippen MR) is 81.6 cm³/mol. The number of nitrogens with zero attached hydrogens (tertiary/aromatic N) is 1. The van der Waals surface area contributed by atoms with Gasteiger partial charge in [0.15, 0.2) is 0 Å². The van der Waals surface area contributed by atoms with Crippen molar-refractivity contribution in [3.63, 3.8) is 0 Å². The van der Waals surface area contributed by atoms with Crippen molar-refractivity contribution in [1.82, 2.24) is 15.0 Å². The molecule has 0 aliphatic rings. The molecule has 2 aromatic heterocycles. The lowest BCUT2D eigenvalue weighted by Gasteiger charge is -2.06. The molecule has 0 atom stereocenters. The quantitative estimate of drug-likeness (QED) is 0.772. The number of aromatic nitrogens is 1. The highest BCUT2D eigenvalue weighted by atomic mass is 32.2. The Balaban J connectivity index is 2.06. The summed E-state index contributed by atoms with van der Waals surface area (Å²) in [5.41, 5.74) is 0. The predicted octanol–water partition coefficient (Wildman–Crippen LogP) is 1.89. The molecular formula is C13H19N3O3S2. The lowest BCUT2D eigenvalue weighted by atomic mass is 10.4. The van der Waals surface area contributed by atoms with Gasteiger partial charge in [-0.3, -0.25) is 0 Å². The Kier molecular flexibility index (Phi) is 5.51. The topological polar surface area (TPSA) is 84.2 Å². The largest absolute Gasteiger partial charge is 0.444 e. The van der Waals surface area contributed by atoms with Gasteiger partial charge in [-0.05, 0) is 18.0 Å². The molecule has 2 aromatic rings. The van der Waals surface area contributed by atoms with E-state index in [1.165, 1.54) is 11.3 Å². The zero-order valence-corrected chi connectivity index (χ0v) is 13.7. The molecule has 0 spiro atoms. The summed E-state index contributed by atoms with van der Waals surface area (Å²) >= 11 is 1.43. The van der Waals surface area contributed by atoms with Crippen LogP contribution in [0.25, 0.3) is 0 Å². The number of aryl methyl sites for hydroxylation is 1. The van der Waals surface area contributed by atoms with Crippen molar-refractivity contribution >= 4 is 21.4 Å². The van der Waals surface area contributed by atoms with E-state index < -0.39 is 10.0 Å². The number of oxazole rings is 1. The Bertz CT molecular complexity index is 676. The van der Waals surface area contributed by atoms with Crippen molar-refractivity contribution in [2.24, 2.45) is 0 Å². The maximum absolute atomic E-state index is 12.3. The van der Waals surface area contributed by atoms with Crippen molar-refractivity contribution < 1.29 is 12.8 Å². The summed E-state index contributed by atoms with van der Waals surface area (Å²) < 4.78 is 32.6. The van der Waals surface area contributed by atoms with Crippen molar-refractivity contribution in [2.75, 3.05) is 6.54 Å². The first-order valence-electron chi connectivity index (χ1n) is 6.77. The van der Waals surface area contributed by atoms with Gasteiger partial charge in [0.05, 0.1) is 17.6 Å². The van der Waals surface area contributed by atoms with Crippen LogP contribution in [-0.2, 0) is 29.5 Å². The smallest absolute Gasteiger partial charge is 0.242 e. The van der Waals surface area contributed by atoms with Gasteiger partial charge in [0.1, 0.15) is 5.76 Å². The Morgan fingerprint density at radius 3 is 2.81 bits per heavy atom. The second-order valence-electron chi connectivity index (χ2n) is 4.39. The summed E-state index contributed by atoms with van der Waals surface area (Å²) in [6, 6.07) is 1.62. The molecule has 0 amide bonds. The molecule has 0 saturated heterocycles. The summed E-state index contributed by atoms with van der Waals surface area (Å²) in [5, 5.41) is 4.91. The Morgan fingerprint density at radius 1 is 1.33 bits per heavy atom. The number of thiophene rings is 1. The molecule has 116 valence electrons. The first-order chi connectivity index (χ1) is 10.1. The summed E-state index contributed by atoms with van der Waals surface area (Å²) in [7, 11) is -3.55. The van der Waals surface area contributed by atoms with E-state index in [1.54, 1.807) is 17.6 Å². The first-order valence-corrected chi connectivity index (χ1v) is 9.13. The molecule has 0 radical (unpaired) electrons. The van der Waals surface area contributed by atoms with Crippen LogP contribution >= 0.6 is 11.3 Å². The van der Waals surface area contributed by atoms with Crippen molar-refractivity contribution in [3.05, 3.63) is 34.2 Å². The Labute approximate surface area is 128 Å². The average Bonchev–Trinajstić information content (AvgIpc) is 3.12. The molecule has 2 rings (SSSR count). The molecule has 2 N–H and O–H groups in total. The SMILES string of the molecule is CCNCc1sccc1S(=O)(=O)NCc1ncc(CC)o1. The van der Waals surface area contributed by atoms with Gasteiger partial charge >= 0.3 is 0 Å². The molecule has 0 unspecified atom stereocenters. The Hall–Kier alpha value is -1.22. The third-order valence-electron chi connectivity index (χ3n) is 2.89. The fraction of sp³-hybridized carbons (Fsp3) is 0.462. The minimum Gasteiger partial charge on any atom is -0.444 e. The van der Waals surface area contributed by atoms with Crippen LogP contribution in [0.2, 0.25) is 0 Å². The normalized spacial score (nSPS) is 11.9. The van der Waals surface area contributed by atoms with E-state index in [0.717, 1.165) is 23.6 Å². The number of nitrogens with one attached hydrogen (secondary N) is 2. The zero-order valence-electron chi connectivity index (χ0n) is 12.0. The van der Waals surface area contributed by atoms with Crippen molar-refractivity contribution in [3.8, 4) is 0 Å². The minimum atomic E-state index is -3.55. The number of rotatable bonds is 8. The fourth-order valence-electron chi connectivity index (χ4n) is 1.76. The lowest BCUT2D eigenvalue weighted by molar-refractivity contribution is 0.452. The maximum Gasteiger partial charge on any atom is 0.242 e. The summed E-state index contributed by atoms with van der Waals surface area (Å²) in [6.45, 7) is 5.32. The highest BCUT2D eigenvalue weighted by Crippen LogP contribution is 2.22. The average molecular weight is 329 g/mol. The molecular weight excluding hydrogens is 310 g/mol. The molecule has 6 nitrogen and oxygen atoms in total. The van der Waals surface area contributed by atoms with Gasteiger partial charge in [-0.25, -0.2) is 18.1 Å². The molecule has 0 fully saturated rings. The minimum absolute atomic E-state index is 0.0544. The van der Waals surface area contributed by atoms with E-state index in [4.69, 9.17) is 4.42 Å². The summed E-state index contributed by atoms with van der Waals surface area (Å²) in [4.78, 5) is 5.15. The first kappa shape index (κ1) is 16.2. The van der Waals surface area contributed by atoms with Gasteiger partial charge < -0.3 is 9.73 Å². The molecule has 0 aliphatic carbocycles. The van der Waals surface area contributed by atoms with Crippen LogP contribution in [0.15, 0.2) is 27.0 Å². The fourth-order valence-corrected chi connectivity index (χ4v) is 4.15. The monoisotopic (exact) mass is 329 g/mol. The summed E-state index contributed by atoms with van der Waals surface area (Å²) in [5.74, 6) is 1.12. The molecule has 0 aromatic carbocycles.